The molecule has 0 rings (SSSR count). The van der Waals surface area contributed by atoms with Crippen LogP contribution in [0.1, 0.15) is 0 Å². The average molecular weight is 183 g/mol. The lowest BCUT2D eigenvalue weighted by atomic mass is 10.3. The van der Waals surface area contributed by atoms with Crippen molar-refractivity contribution in [3.63, 3.8) is 0 Å². The Balaban J connectivity index is 4.03. The second kappa shape index (κ2) is 4.60. The fourth-order valence-corrected chi connectivity index (χ4v) is 0.420. The molecule has 0 aliphatic heterocycles. The number of aliphatic hydroxyl groups is 1. The lowest BCUT2D eigenvalue weighted by molar-refractivity contribution is -0.145. The maximum absolute atomic E-state index is 11.5. The summed E-state index contributed by atoms with van der Waals surface area (Å²) in [5, 5.41) is 17.9. The molecule has 70 valence electrons. The summed E-state index contributed by atoms with van der Waals surface area (Å²) in [6.07, 6.45) is -3.28. The van der Waals surface area contributed by atoms with Crippen LogP contribution in [-0.2, 0) is 9.59 Å². The van der Waals surface area contributed by atoms with E-state index >= 15 is 0 Å². The highest BCUT2D eigenvalue weighted by Gasteiger charge is 2.23. The van der Waals surface area contributed by atoms with Gasteiger partial charge in [0, 0.05) is 0 Å². The first-order valence-electron chi connectivity index (χ1n) is 2.91. The third-order valence-electron chi connectivity index (χ3n) is 0.995. The Morgan fingerprint density at radius 1 is 1.42 bits per heavy atom. The van der Waals surface area contributed by atoms with E-state index in [2.05, 4.69) is 0 Å². The molecule has 3 N–H and O–H groups in total. The van der Waals surface area contributed by atoms with Crippen molar-refractivity contribution in [2.24, 2.45) is 0 Å². The monoisotopic (exact) mass is 183 g/mol. The Kier molecular flexibility index (Phi) is 4.12. The first-order chi connectivity index (χ1) is 5.49. The Bertz CT molecular complexity index is 184. The van der Waals surface area contributed by atoms with Crippen molar-refractivity contribution in [1.82, 2.24) is 5.32 Å². The van der Waals surface area contributed by atoms with Crippen molar-refractivity contribution in [3.8, 4) is 0 Å². The predicted molar refractivity (Wildman–Crippen MR) is 32.7 cm³/mol. The van der Waals surface area contributed by atoms with Gasteiger partial charge in [0.1, 0.15) is 0 Å². The van der Waals surface area contributed by atoms with Crippen LogP contribution in [0.4, 0.5) is 8.78 Å². The summed E-state index contributed by atoms with van der Waals surface area (Å²) in [6.45, 7) is -0.923. The number of rotatable bonds is 4. The molecule has 0 radical (unpaired) electrons. The van der Waals surface area contributed by atoms with E-state index in [1.807, 2.05) is 0 Å². The highest BCUT2D eigenvalue weighted by Crippen LogP contribution is 1.92. The quantitative estimate of drug-likeness (QED) is 0.511. The number of amides is 1. The zero-order chi connectivity index (χ0) is 9.72. The first kappa shape index (κ1) is 10.8. The fourth-order valence-electron chi connectivity index (χ4n) is 0.420. The minimum atomic E-state index is -3.28. The molecule has 0 aromatic heterocycles. The third-order valence-corrected chi connectivity index (χ3v) is 0.995. The Hall–Kier alpha value is -1.24. The molecule has 0 aromatic rings. The summed E-state index contributed by atoms with van der Waals surface area (Å²) < 4.78 is 23.0. The number of hydrogen-bond acceptors (Lipinski definition) is 3. The van der Waals surface area contributed by atoms with Crippen LogP contribution in [0.15, 0.2) is 0 Å². The third kappa shape index (κ3) is 3.24. The molecule has 1 amide bonds. The maximum Gasteiger partial charge on any atom is 0.328 e. The molecule has 0 aromatic carbocycles. The van der Waals surface area contributed by atoms with Crippen LogP contribution < -0.4 is 5.32 Å². The van der Waals surface area contributed by atoms with Crippen LogP contribution >= 0.6 is 0 Å². The van der Waals surface area contributed by atoms with Crippen LogP contribution in [0.25, 0.3) is 0 Å². The van der Waals surface area contributed by atoms with Crippen molar-refractivity contribution >= 4 is 11.9 Å². The highest BCUT2D eigenvalue weighted by molar-refractivity contribution is 5.85. The van der Waals surface area contributed by atoms with Crippen molar-refractivity contribution < 1.29 is 28.6 Å². The number of carboxylic acids is 1. The van der Waals surface area contributed by atoms with Crippen molar-refractivity contribution in [2.75, 3.05) is 6.61 Å². The molecule has 0 aliphatic carbocycles. The maximum atomic E-state index is 11.5. The molecule has 12 heavy (non-hydrogen) atoms. The Morgan fingerprint density at radius 3 is 2.17 bits per heavy atom. The van der Waals surface area contributed by atoms with Gasteiger partial charge in [0.15, 0.2) is 6.04 Å². The summed E-state index contributed by atoms with van der Waals surface area (Å²) in [4.78, 5) is 20.3. The van der Waals surface area contributed by atoms with E-state index in [0.29, 0.717) is 0 Å². The van der Waals surface area contributed by atoms with Crippen molar-refractivity contribution in [2.45, 2.75) is 12.5 Å². The van der Waals surface area contributed by atoms with Crippen molar-refractivity contribution in [3.05, 3.63) is 0 Å². The SMILES string of the molecule is O=C(N[C@@H](CO)C(=O)O)C(F)F. The number of halogens is 2. The number of aliphatic hydroxyl groups excluding tert-OH is 1. The summed E-state index contributed by atoms with van der Waals surface area (Å²) in [6, 6.07) is -1.67. The minimum Gasteiger partial charge on any atom is -0.480 e. The second-order valence-electron chi connectivity index (χ2n) is 1.88. The smallest absolute Gasteiger partial charge is 0.328 e. The summed E-state index contributed by atoms with van der Waals surface area (Å²) >= 11 is 0. The summed E-state index contributed by atoms with van der Waals surface area (Å²) in [5.41, 5.74) is 0. The van der Waals surface area contributed by atoms with Crippen LogP contribution in [0.3, 0.4) is 0 Å². The molecule has 0 saturated heterocycles. The molecule has 0 aliphatic rings. The lowest BCUT2D eigenvalue weighted by Gasteiger charge is -2.10. The molecule has 0 spiro atoms. The summed E-state index contributed by atoms with van der Waals surface area (Å²) in [7, 11) is 0. The van der Waals surface area contributed by atoms with Gasteiger partial charge in [-0.1, -0.05) is 0 Å². The topological polar surface area (TPSA) is 86.6 Å². The number of hydrogen-bond donors (Lipinski definition) is 3. The van der Waals surface area contributed by atoms with Crippen LogP contribution in [0.2, 0.25) is 0 Å². The zero-order valence-corrected chi connectivity index (χ0v) is 5.83. The number of alkyl halides is 2. The molecule has 0 fully saturated rings. The Morgan fingerprint density at radius 2 is 1.92 bits per heavy atom. The molecule has 0 unspecified atom stereocenters. The standard InChI is InChI=1S/C5H7F2NO4/c6-3(7)4(10)8-2(1-9)5(11)12/h2-3,9H,1H2,(H,8,10)(H,11,12)/t2-/m0/s1. The molecule has 7 heteroatoms. The number of nitrogens with one attached hydrogen (secondary N) is 1. The molecule has 0 bridgehead atoms. The van der Waals surface area contributed by atoms with E-state index in [0.717, 1.165) is 0 Å². The van der Waals surface area contributed by atoms with E-state index in [1.165, 1.54) is 5.32 Å². The molecule has 1 atom stereocenters. The molecular weight excluding hydrogens is 176 g/mol. The van der Waals surface area contributed by atoms with Gasteiger partial charge in [-0.3, -0.25) is 4.79 Å². The van der Waals surface area contributed by atoms with Gasteiger partial charge in [-0.05, 0) is 0 Å². The minimum absolute atomic E-state index is 0.923. The number of carbonyl (C=O) groups excluding carboxylic acids is 1. The van der Waals surface area contributed by atoms with E-state index in [1.54, 1.807) is 0 Å². The van der Waals surface area contributed by atoms with Gasteiger partial charge < -0.3 is 15.5 Å². The molecular formula is C5H7F2NO4. The van der Waals surface area contributed by atoms with E-state index in [-0.39, 0.29) is 0 Å². The van der Waals surface area contributed by atoms with Gasteiger partial charge >= 0.3 is 12.4 Å². The number of carboxylic acid groups (broad SMARTS) is 1. The zero-order valence-electron chi connectivity index (χ0n) is 5.83. The molecule has 0 heterocycles. The van der Waals surface area contributed by atoms with Gasteiger partial charge in [-0.2, -0.15) is 8.78 Å². The molecule has 5 nitrogen and oxygen atoms in total. The van der Waals surface area contributed by atoms with Crippen LogP contribution in [0.5, 0.6) is 0 Å². The van der Waals surface area contributed by atoms with E-state index in [9.17, 15) is 18.4 Å². The number of carbonyl (C=O) groups is 2. The normalized spacial score (nSPS) is 12.7. The van der Waals surface area contributed by atoms with Gasteiger partial charge in [0.2, 0.25) is 0 Å². The first-order valence-corrected chi connectivity index (χ1v) is 2.91. The predicted octanol–water partition coefficient (Wildman–Crippen LogP) is -1.19. The fraction of sp³-hybridized carbons (Fsp3) is 0.600. The average Bonchev–Trinajstić information content (AvgIpc) is 1.98. The van der Waals surface area contributed by atoms with Gasteiger partial charge in [-0.25, -0.2) is 4.79 Å². The largest absolute Gasteiger partial charge is 0.480 e. The van der Waals surface area contributed by atoms with Gasteiger partial charge in [-0.15, -0.1) is 0 Å². The van der Waals surface area contributed by atoms with Gasteiger partial charge in [0.05, 0.1) is 6.61 Å². The number of aliphatic carboxylic acids is 1. The van der Waals surface area contributed by atoms with Crippen LogP contribution in [0, 0.1) is 0 Å². The second-order valence-corrected chi connectivity index (χ2v) is 1.88. The van der Waals surface area contributed by atoms with Crippen molar-refractivity contribution in [1.29, 1.82) is 0 Å². The van der Waals surface area contributed by atoms with E-state index in [4.69, 9.17) is 10.2 Å². The summed E-state index contributed by atoms with van der Waals surface area (Å²) in [5.74, 6) is -3.28. The molecule has 0 saturated carbocycles. The lowest BCUT2D eigenvalue weighted by Crippen LogP contribution is -2.45. The highest BCUT2D eigenvalue weighted by atomic mass is 19.3. The van der Waals surface area contributed by atoms with Gasteiger partial charge in [0.25, 0.3) is 5.91 Å². The Labute approximate surface area is 66.0 Å². The van der Waals surface area contributed by atoms with E-state index < -0.39 is 31.0 Å². The van der Waals surface area contributed by atoms with Crippen LogP contribution in [-0.4, -0.2) is 41.2 Å².